The number of benzene rings is 2. The molecule has 14 heteroatoms. The maximum absolute atomic E-state index is 13.9. The number of ether oxygens (including phenoxy) is 4. The molecule has 248 valence electrons. The fraction of sp³-hybridized carbons (Fsp3) is 0.235. The average molecular weight is 659 g/mol. The van der Waals surface area contributed by atoms with Crippen LogP contribution in [0.15, 0.2) is 80.8 Å². The molecule has 1 aliphatic carbocycles. The molecule has 0 spiro atoms. The number of pyridine rings is 2. The van der Waals surface area contributed by atoms with E-state index in [0.717, 1.165) is 14.2 Å². The van der Waals surface area contributed by atoms with Gasteiger partial charge in [0.2, 0.25) is 11.6 Å². The van der Waals surface area contributed by atoms with Crippen molar-refractivity contribution in [2.45, 2.75) is 24.7 Å². The van der Waals surface area contributed by atoms with Crippen LogP contribution in [-0.4, -0.2) is 72.1 Å². The molecule has 0 amide bonds. The fourth-order valence-corrected chi connectivity index (χ4v) is 5.77. The highest BCUT2D eigenvalue weighted by Crippen LogP contribution is 2.40. The van der Waals surface area contributed by atoms with Gasteiger partial charge in [0.05, 0.1) is 52.4 Å². The number of hydrogen-bond donors (Lipinski definition) is 4. The van der Waals surface area contributed by atoms with Gasteiger partial charge in [-0.2, -0.15) is 0 Å². The maximum atomic E-state index is 13.9. The number of aromatic nitrogens is 2. The van der Waals surface area contributed by atoms with Crippen LogP contribution >= 0.6 is 0 Å². The van der Waals surface area contributed by atoms with Gasteiger partial charge in [-0.25, -0.2) is 0 Å². The molecule has 5 rings (SSSR count). The number of H-pyrrole nitrogens is 2. The van der Waals surface area contributed by atoms with E-state index >= 15 is 0 Å². The second-order valence-corrected chi connectivity index (χ2v) is 10.9. The number of carbonyl (C=O) groups excluding carboxylic acids is 4. The van der Waals surface area contributed by atoms with E-state index in [1.165, 1.54) is 26.4 Å². The van der Waals surface area contributed by atoms with E-state index in [-0.39, 0.29) is 11.1 Å². The largest absolute Gasteiger partial charge is 0.504 e. The molecular weight excluding hydrogens is 628 g/mol. The number of aliphatic hydroxyl groups is 2. The lowest BCUT2D eigenvalue weighted by Crippen LogP contribution is -2.34. The Labute approximate surface area is 271 Å². The molecule has 4 aromatic rings. The summed E-state index contributed by atoms with van der Waals surface area (Å²) < 4.78 is 20.0. The summed E-state index contributed by atoms with van der Waals surface area (Å²) in [5, 5.41) is 23.6. The predicted octanol–water partition coefficient (Wildman–Crippen LogP) is 3.16. The minimum Gasteiger partial charge on any atom is -0.504 e. The summed E-state index contributed by atoms with van der Waals surface area (Å²) in [7, 11) is 5.01. The van der Waals surface area contributed by atoms with Crippen molar-refractivity contribution in [3.05, 3.63) is 103 Å². The van der Waals surface area contributed by atoms with E-state index in [1.807, 2.05) is 0 Å². The van der Waals surface area contributed by atoms with E-state index < -0.39 is 82.0 Å². The number of aromatic amines is 2. The number of fused-ring (bicyclic) bond motifs is 2. The third kappa shape index (κ3) is 6.02. The summed E-state index contributed by atoms with van der Waals surface area (Å²) >= 11 is 0. The topological polar surface area (TPSA) is 211 Å². The average Bonchev–Trinajstić information content (AvgIpc) is 3.08. The van der Waals surface area contributed by atoms with Crippen LogP contribution in [0.2, 0.25) is 0 Å². The predicted molar refractivity (Wildman–Crippen MR) is 170 cm³/mol. The van der Waals surface area contributed by atoms with Crippen molar-refractivity contribution < 1.29 is 48.3 Å². The van der Waals surface area contributed by atoms with Crippen LogP contribution in [0.25, 0.3) is 21.8 Å². The Balaban J connectivity index is 1.69. The number of hydrogen-bond acceptors (Lipinski definition) is 12. The summed E-state index contributed by atoms with van der Waals surface area (Å²) in [6, 6.07) is 12.2. The first-order chi connectivity index (χ1) is 22.9. The first-order valence-electron chi connectivity index (χ1n) is 14.4. The van der Waals surface area contributed by atoms with Gasteiger partial charge in [0.25, 0.3) is 11.1 Å². The lowest BCUT2D eigenvalue weighted by Gasteiger charge is -2.27. The molecule has 48 heavy (non-hydrogen) atoms. The van der Waals surface area contributed by atoms with Crippen LogP contribution < -0.4 is 20.6 Å². The Morgan fingerprint density at radius 2 is 1.00 bits per heavy atom. The molecule has 0 fully saturated rings. The van der Waals surface area contributed by atoms with Gasteiger partial charge in [-0.1, -0.05) is 0 Å². The maximum Gasteiger partial charge on any atom is 0.306 e. The minimum absolute atomic E-state index is 0.203. The molecule has 0 radical (unpaired) electrons. The molecule has 2 aromatic carbocycles. The van der Waals surface area contributed by atoms with Gasteiger partial charge in [-0.15, -0.1) is 0 Å². The lowest BCUT2D eigenvalue weighted by atomic mass is 9.76. The van der Waals surface area contributed by atoms with Crippen LogP contribution in [0.3, 0.4) is 0 Å². The van der Waals surface area contributed by atoms with Crippen LogP contribution in [0.4, 0.5) is 0 Å². The molecule has 2 atom stereocenters. The standard InChI is InChI=1S/C34H30N2O12/c1-45-17-5-7-23-15(9-17)11-21(33(43)35-23)19(13-25(37)47-3)27-29(39)31(41)28(32(42)30(27)40)20(14-26(38)48-4)22-12-16-10-18(46-2)6-8-24(16)36-34(22)44/h5-12,19-20,39,42H,13-14H2,1-4H3,(H,35,43)(H,36,44)/t19-,20+. The molecule has 0 unspecified atom stereocenters. The SMILES string of the molecule is COC(=O)C[C@H](C1=C(O)C(=O)C([C@H](CC(=O)OC)c2cc3cc(OC)ccc3[nH]c2=O)=C(O)C1=O)c1cc2cc(OC)ccc2[nH]c1=O. The third-order valence-corrected chi connectivity index (χ3v) is 8.23. The van der Waals surface area contributed by atoms with Crippen LogP contribution in [0.5, 0.6) is 11.5 Å². The monoisotopic (exact) mass is 658 g/mol. The number of rotatable bonds is 10. The Hall–Kier alpha value is -6.18. The zero-order valence-electron chi connectivity index (χ0n) is 26.2. The van der Waals surface area contributed by atoms with Gasteiger partial charge in [0.1, 0.15) is 11.5 Å². The van der Waals surface area contributed by atoms with Crippen molar-refractivity contribution in [1.82, 2.24) is 9.97 Å². The van der Waals surface area contributed by atoms with Gasteiger partial charge < -0.3 is 39.1 Å². The molecule has 0 aliphatic heterocycles. The molecule has 0 bridgehead atoms. The van der Waals surface area contributed by atoms with Crippen LogP contribution in [0, 0.1) is 0 Å². The highest BCUT2D eigenvalue weighted by atomic mass is 16.5. The Bertz CT molecular complexity index is 2030. The van der Waals surface area contributed by atoms with Gasteiger partial charge in [-0.05, 0) is 48.5 Å². The van der Waals surface area contributed by atoms with Gasteiger partial charge in [0.15, 0.2) is 11.5 Å². The number of carbonyl (C=O) groups is 4. The van der Waals surface area contributed by atoms with Crippen molar-refractivity contribution in [3.63, 3.8) is 0 Å². The molecule has 14 nitrogen and oxygen atoms in total. The van der Waals surface area contributed by atoms with Crippen molar-refractivity contribution in [3.8, 4) is 11.5 Å². The highest BCUT2D eigenvalue weighted by Gasteiger charge is 2.44. The summed E-state index contributed by atoms with van der Waals surface area (Å²) in [5.41, 5.74) is -2.64. The first-order valence-corrected chi connectivity index (χ1v) is 14.4. The van der Waals surface area contributed by atoms with Crippen molar-refractivity contribution >= 4 is 45.3 Å². The summed E-state index contributed by atoms with van der Waals surface area (Å²) in [4.78, 5) is 84.9. The zero-order chi connectivity index (χ0) is 34.9. The number of allylic oxidation sites excluding steroid dienone is 2. The van der Waals surface area contributed by atoms with Crippen molar-refractivity contribution in [2.75, 3.05) is 28.4 Å². The molecule has 2 heterocycles. The zero-order valence-corrected chi connectivity index (χ0v) is 26.2. The highest BCUT2D eigenvalue weighted by molar-refractivity contribution is 6.24. The number of ketones is 2. The van der Waals surface area contributed by atoms with E-state index in [2.05, 4.69) is 9.97 Å². The molecule has 2 aromatic heterocycles. The Morgan fingerprint density at radius 1 is 0.625 bits per heavy atom. The number of esters is 2. The second-order valence-electron chi connectivity index (χ2n) is 10.9. The quantitative estimate of drug-likeness (QED) is 0.143. The lowest BCUT2D eigenvalue weighted by molar-refractivity contribution is -0.142. The Morgan fingerprint density at radius 3 is 1.33 bits per heavy atom. The van der Waals surface area contributed by atoms with Crippen LogP contribution in [0.1, 0.15) is 35.8 Å². The van der Waals surface area contributed by atoms with Crippen molar-refractivity contribution in [2.24, 2.45) is 0 Å². The number of aliphatic hydroxyl groups excluding tert-OH is 2. The molecule has 4 N–H and O–H groups in total. The summed E-state index contributed by atoms with van der Waals surface area (Å²) in [6.07, 6.45) is -1.37. The Kier molecular flexibility index (Phi) is 9.18. The van der Waals surface area contributed by atoms with E-state index in [9.17, 15) is 39.0 Å². The van der Waals surface area contributed by atoms with E-state index in [4.69, 9.17) is 18.9 Å². The summed E-state index contributed by atoms with van der Waals surface area (Å²) in [6.45, 7) is 0. The smallest absolute Gasteiger partial charge is 0.306 e. The third-order valence-electron chi connectivity index (χ3n) is 8.23. The number of methoxy groups -OCH3 is 4. The van der Waals surface area contributed by atoms with Crippen molar-refractivity contribution in [1.29, 1.82) is 0 Å². The van der Waals surface area contributed by atoms with Gasteiger partial charge >= 0.3 is 11.9 Å². The van der Waals surface area contributed by atoms with Gasteiger partial charge in [0, 0.05) is 44.8 Å². The first kappa shape index (κ1) is 33.2. The van der Waals surface area contributed by atoms with Gasteiger partial charge in [-0.3, -0.25) is 28.8 Å². The minimum atomic E-state index is -1.58. The molecular formula is C34H30N2O12. The summed E-state index contributed by atoms with van der Waals surface area (Å²) in [5.74, 6) is -9.10. The van der Waals surface area contributed by atoms with E-state index in [1.54, 1.807) is 36.4 Å². The van der Waals surface area contributed by atoms with E-state index in [0.29, 0.717) is 33.3 Å². The molecule has 1 aliphatic rings. The number of nitrogens with one attached hydrogen (secondary N) is 2. The number of Topliss-reactive ketones (excluding diaryl/α,β-unsaturated/α-hetero) is 2. The molecule has 0 saturated heterocycles. The molecule has 0 saturated carbocycles. The van der Waals surface area contributed by atoms with Crippen LogP contribution in [-0.2, 0) is 28.7 Å². The fourth-order valence-electron chi connectivity index (χ4n) is 5.77. The second kappa shape index (κ2) is 13.3. The normalized spacial score (nSPS) is 14.7.